The van der Waals surface area contributed by atoms with Gasteiger partial charge in [0, 0.05) is 6.54 Å². The quantitative estimate of drug-likeness (QED) is 0.803. The fourth-order valence-electron chi connectivity index (χ4n) is 1.21. The second-order valence-electron chi connectivity index (χ2n) is 3.76. The molecule has 0 saturated heterocycles. The summed E-state index contributed by atoms with van der Waals surface area (Å²) in [4.78, 5) is 11.6. The van der Waals surface area contributed by atoms with E-state index in [0.29, 0.717) is 6.54 Å². The molecule has 0 fully saturated rings. The number of hydrogen-bond acceptors (Lipinski definition) is 3. The predicted molar refractivity (Wildman–Crippen MR) is 63.6 cm³/mol. The third-order valence-corrected chi connectivity index (χ3v) is 3.34. The van der Waals surface area contributed by atoms with Gasteiger partial charge in [0.15, 0.2) is 0 Å². The Bertz CT molecular complexity index is 298. The third-order valence-electron chi connectivity index (χ3n) is 2.61. The Hall–Kier alpha value is -0.870. The maximum Gasteiger partial charge on any atom is 0.237 e. The zero-order valence-electron chi connectivity index (χ0n) is 9.19. The van der Waals surface area contributed by atoms with E-state index in [-0.39, 0.29) is 11.8 Å². The second kappa shape index (κ2) is 5.88. The van der Waals surface area contributed by atoms with Crippen LogP contribution in [0.1, 0.15) is 25.8 Å². The highest BCUT2D eigenvalue weighted by Gasteiger charge is 2.18. The lowest BCUT2D eigenvalue weighted by Gasteiger charge is -2.17. The van der Waals surface area contributed by atoms with Crippen LogP contribution in [-0.2, 0) is 11.3 Å². The molecule has 0 saturated carbocycles. The standard InChI is InChI=1S/C11H18N2OS/c1-3-8(2)10(12)11(14)13-6-9-4-5-15-7-9/h4-5,7-8,10H,3,6,12H2,1-2H3,(H,13,14)/t8?,10-/m0/s1. The molecule has 0 aliphatic heterocycles. The lowest BCUT2D eigenvalue weighted by molar-refractivity contribution is -0.123. The maximum atomic E-state index is 11.6. The SMILES string of the molecule is CCC(C)[C@H](N)C(=O)NCc1ccsc1. The van der Waals surface area contributed by atoms with Crippen LogP contribution < -0.4 is 11.1 Å². The van der Waals surface area contributed by atoms with E-state index < -0.39 is 6.04 Å². The van der Waals surface area contributed by atoms with Crippen molar-refractivity contribution in [3.63, 3.8) is 0 Å². The summed E-state index contributed by atoms with van der Waals surface area (Å²) in [5, 5.41) is 6.86. The number of nitrogens with two attached hydrogens (primary N) is 1. The summed E-state index contributed by atoms with van der Waals surface area (Å²) < 4.78 is 0. The van der Waals surface area contributed by atoms with Gasteiger partial charge in [-0.25, -0.2) is 0 Å². The molecule has 0 aliphatic carbocycles. The van der Waals surface area contributed by atoms with Crippen LogP contribution in [0.25, 0.3) is 0 Å². The lowest BCUT2D eigenvalue weighted by atomic mass is 9.99. The number of nitrogens with one attached hydrogen (secondary N) is 1. The van der Waals surface area contributed by atoms with Crippen LogP contribution in [0.5, 0.6) is 0 Å². The topological polar surface area (TPSA) is 55.1 Å². The fraction of sp³-hybridized carbons (Fsp3) is 0.545. The van der Waals surface area contributed by atoms with E-state index in [4.69, 9.17) is 5.73 Å². The third kappa shape index (κ3) is 3.64. The predicted octanol–water partition coefficient (Wildman–Crippen LogP) is 1.74. The van der Waals surface area contributed by atoms with Crippen LogP contribution in [0.3, 0.4) is 0 Å². The number of hydrogen-bond donors (Lipinski definition) is 2. The van der Waals surface area contributed by atoms with Crippen molar-refractivity contribution in [3.05, 3.63) is 22.4 Å². The molecule has 0 aliphatic rings. The molecule has 0 bridgehead atoms. The number of carbonyl (C=O) groups is 1. The molecule has 15 heavy (non-hydrogen) atoms. The highest BCUT2D eigenvalue weighted by Crippen LogP contribution is 2.07. The van der Waals surface area contributed by atoms with Gasteiger partial charge in [-0.15, -0.1) is 0 Å². The van der Waals surface area contributed by atoms with Crippen molar-refractivity contribution in [1.29, 1.82) is 0 Å². The summed E-state index contributed by atoms with van der Waals surface area (Å²) in [5.74, 6) is 0.169. The molecule has 0 spiro atoms. The van der Waals surface area contributed by atoms with Crippen LogP contribution in [0, 0.1) is 5.92 Å². The average Bonchev–Trinajstić information content (AvgIpc) is 2.76. The molecule has 1 heterocycles. The van der Waals surface area contributed by atoms with Gasteiger partial charge in [-0.3, -0.25) is 4.79 Å². The van der Waals surface area contributed by atoms with Gasteiger partial charge in [0.1, 0.15) is 0 Å². The number of carbonyl (C=O) groups excluding carboxylic acids is 1. The molecule has 2 atom stereocenters. The first-order chi connectivity index (χ1) is 7.15. The molecule has 1 amide bonds. The molecular formula is C11H18N2OS. The fourth-order valence-corrected chi connectivity index (χ4v) is 1.88. The van der Waals surface area contributed by atoms with Crippen molar-refractivity contribution in [1.82, 2.24) is 5.32 Å². The van der Waals surface area contributed by atoms with E-state index in [0.717, 1.165) is 12.0 Å². The van der Waals surface area contributed by atoms with Crippen molar-refractivity contribution in [3.8, 4) is 0 Å². The number of thiophene rings is 1. The van der Waals surface area contributed by atoms with Gasteiger partial charge in [0.05, 0.1) is 6.04 Å². The van der Waals surface area contributed by atoms with Crippen LogP contribution >= 0.6 is 11.3 Å². The largest absolute Gasteiger partial charge is 0.351 e. The molecule has 0 aromatic carbocycles. The van der Waals surface area contributed by atoms with Crippen LogP contribution in [0.15, 0.2) is 16.8 Å². The summed E-state index contributed by atoms with van der Waals surface area (Å²) in [6.07, 6.45) is 0.924. The summed E-state index contributed by atoms with van der Waals surface area (Å²) in [7, 11) is 0. The molecule has 3 N–H and O–H groups in total. The minimum Gasteiger partial charge on any atom is -0.351 e. The minimum absolute atomic E-state index is 0.0597. The van der Waals surface area contributed by atoms with E-state index in [1.807, 2.05) is 30.7 Å². The van der Waals surface area contributed by atoms with E-state index in [9.17, 15) is 4.79 Å². The number of rotatable bonds is 5. The Kier molecular flexibility index (Phi) is 4.78. The Morgan fingerprint density at radius 1 is 1.67 bits per heavy atom. The average molecular weight is 226 g/mol. The first-order valence-electron chi connectivity index (χ1n) is 5.19. The molecule has 1 rings (SSSR count). The van der Waals surface area contributed by atoms with E-state index in [1.54, 1.807) is 11.3 Å². The molecule has 4 heteroatoms. The van der Waals surface area contributed by atoms with Gasteiger partial charge < -0.3 is 11.1 Å². The molecule has 1 unspecified atom stereocenters. The zero-order valence-corrected chi connectivity index (χ0v) is 10.0. The van der Waals surface area contributed by atoms with E-state index in [1.165, 1.54) is 0 Å². The first-order valence-corrected chi connectivity index (χ1v) is 6.13. The van der Waals surface area contributed by atoms with Crippen molar-refractivity contribution in [2.45, 2.75) is 32.9 Å². The smallest absolute Gasteiger partial charge is 0.237 e. The van der Waals surface area contributed by atoms with Crippen LogP contribution in [0.2, 0.25) is 0 Å². The van der Waals surface area contributed by atoms with Crippen molar-refractivity contribution in [2.24, 2.45) is 11.7 Å². The van der Waals surface area contributed by atoms with Gasteiger partial charge in [-0.2, -0.15) is 11.3 Å². The monoisotopic (exact) mass is 226 g/mol. The molecule has 3 nitrogen and oxygen atoms in total. The lowest BCUT2D eigenvalue weighted by Crippen LogP contribution is -2.44. The molecule has 1 aromatic rings. The summed E-state index contributed by atoms with van der Waals surface area (Å²) in [5.41, 5.74) is 6.93. The Morgan fingerprint density at radius 3 is 2.93 bits per heavy atom. The highest BCUT2D eigenvalue weighted by atomic mass is 32.1. The van der Waals surface area contributed by atoms with Gasteiger partial charge in [0.2, 0.25) is 5.91 Å². The van der Waals surface area contributed by atoms with Gasteiger partial charge in [-0.05, 0) is 28.3 Å². The molecule has 84 valence electrons. The number of amides is 1. The summed E-state index contributed by atoms with van der Waals surface area (Å²) in [6.45, 7) is 4.61. The molecule has 1 aromatic heterocycles. The summed E-state index contributed by atoms with van der Waals surface area (Å²) in [6, 6.07) is 1.60. The maximum absolute atomic E-state index is 11.6. The van der Waals surface area contributed by atoms with Gasteiger partial charge in [0.25, 0.3) is 0 Å². The minimum atomic E-state index is -0.395. The Morgan fingerprint density at radius 2 is 2.40 bits per heavy atom. The van der Waals surface area contributed by atoms with E-state index >= 15 is 0 Å². The Labute approximate surface area is 94.7 Å². The van der Waals surface area contributed by atoms with Crippen molar-refractivity contribution < 1.29 is 4.79 Å². The zero-order chi connectivity index (χ0) is 11.3. The van der Waals surface area contributed by atoms with Crippen LogP contribution in [0.4, 0.5) is 0 Å². The van der Waals surface area contributed by atoms with E-state index in [2.05, 4.69) is 5.32 Å². The molecular weight excluding hydrogens is 208 g/mol. The second-order valence-corrected chi connectivity index (χ2v) is 4.54. The van der Waals surface area contributed by atoms with Crippen molar-refractivity contribution in [2.75, 3.05) is 0 Å². The van der Waals surface area contributed by atoms with Gasteiger partial charge in [-0.1, -0.05) is 20.3 Å². The first kappa shape index (κ1) is 12.2. The molecule has 0 radical (unpaired) electrons. The van der Waals surface area contributed by atoms with Crippen LogP contribution in [-0.4, -0.2) is 11.9 Å². The van der Waals surface area contributed by atoms with Crippen molar-refractivity contribution >= 4 is 17.2 Å². The highest BCUT2D eigenvalue weighted by molar-refractivity contribution is 7.07. The Balaban J connectivity index is 2.36. The summed E-state index contributed by atoms with van der Waals surface area (Å²) >= 11 is 1.63. The normalized spacial score (nSPS) is 14.6. The van der Waals surface area contributed by atoms with Gasteiger partial charge >= 0.3 is 0 Å².